The second kappa shape index (κ2) is 14.5. The Kier molecular flexibility index (Phi) is 11.8. The minimum absolute atomic E-state index is 0. The van der Waals surface area contributed by atoms with Crippen LogP contribution >= 0.6 is 12.4 Å². The lowest BCUT2D eigenvalue weighted by Gasteiger charge is -2.23. The van der Waals surface area contributed by atoms with E-state index in [9.17, 15) is 22.8 Å². The van der Waals surface area contributed by atoms with Gasteiger partial charge in [-0.05, 0) is 49.6 Å². The SMILES string of the molecule is Cl.O=C(COc1ccc(OCC(F)(F)F)cc1C(=O)NCC1CCCCN1)NCCc1ccccc1. The van der Waals surface area contributed by atoms with Crippen LogP contribution in [0.4, 0.5) is 13.2 Å². The number of carbonyl (C=O) groups excluding carboxylic acids is 2. The zero-order chi connectivity index (χ0) is 25.1. The summed E-state index contributed by atoms with van der Waals surface area (Å²) in [6.45, 7) is -0.175. The van der Waals surface area contributed by atoms with Gasteiger partial charge in [0.15, 0.2) is 13.2 Å². The number of benzene rings is 2. The molecule has 2 amide bonds. The largest absolute Gasteiger partial charge is 0.484 e. The van der Waals surface area contributed by atoms with Crippen LogP contribution < -0.4 is 25.4 Å². The summed E-state index contributed by atoms with van der Waals surface area (Å²) in [7, 11) is 0. The van der Waals surface area contributed by atoms with Gasteiger partial charge in [-0.2, -0.15) is 13.2 Å². The van der Waals surface area contributed by atoms with Crippen LogP contribution in [0.1, 0.15) is 35.2 Å². The molecule has 36 heavy (non-hydrogen) atoms. The van der Waals surface area contributed by atoms with Gasteiger partial charge < -0.3 is 25.4 Å². The number of rotatable bonds is 11. The lowest BCUT2D eigenvalue weighted by molar-refractivity contribution is -0.153. The smallest absolute Gasteiger partial charge is 0.422 e. The van der Waals surface area contributed by atoms with Gasteiger partial charge in [0.05, 0.1) is 5.56 Å². The first kappa shape index (κ1) is 29.3. The fraction of sp³-hybridized carbons (Fsp3) is 0.440. The van der Waals surface area contributed by atoms with Crippen molar-refractivity contribution in [3.63, 3.8) is 0 Å². The molecule has 1 heterocycles. The molecule has 1 unspecified atom stereocenters. The molecule has 3 rings (SSSR count). The summed E-state index contributed by atoms with van der Waals surface area (Å²) in [5, 5.41) is 8.84. The van der Waals surface area contributed by atoms with Crippen molar-refractivity contribution in [2.75, 3.05) is 32.8 Å². The fourth-order valence-electron chi connectivity index (χ4n) is 3.66. The average Bonchev–Trinajstić information content (AvgIpc) is 2.86. The maximum absolute atomic E-state index is 12.8. The molecule has 0 aliphatic carbocycles. The number of hydrogen-bond acceptors (Lipinski definition) is 5. The van der Waals surface area contributed by atoms with Crippen molar-refractivity contribution in [3.8, 4) is 11.5 Å². The molecule has 7 nitrogen and oxygen atoms in total. The first-order chi connectivity index (χ1) is 16.8. The van der Waals surface area contributed by atoms with Gasteiger partial charge in [0.1, 0.15) is 11.5 Å². The van der Waals surface area contributed by atoms with E-state index >= 15 is 0 Å². The van der Waals surface area contributed by atoms with Crippen LogP contribution in [0.5, 0.6) is 11.5 Å². The van der Waals surface area contributed by atoms with Crippen LogP contribution in [0.15, 0.2) is 48.5 Å². The van der Waals surface area contributed by atoms with Gasteiger partial charge in [-0.15, -0.1) is 12.4 Å². The second-order valence-corrected chi connectivity index (χ2v) is 8.29. The number of nitrogens with one attached hydrogen (secondary N) is 3. The van der Waals surface area contributed by atoms with E-state index in [4.69, 9.17) is 9.47 Å². The molecular formula is C25H31ClF3N3O4. The minimum Gasteiger partial charge on any atom is -0.484 e. The Morgan fingerprint density at radius 2 is 1.81 bits per heavy atom. The Hall–Kier alpha value is -2.98. The lowest BCUT2D eigenvalue weighted by Crippen LogP contribution is -2.43. The van der Waals surface area contributed by atoms with Crippen molar-refractivity contribution < 1.29 is 32.2 Å². The number of ether oxygens (including phenoxy) is 2. The van der Waals surface area contributed by atoms with E-state index in [-0.39, 0.29) is 48.0 Å². The topological polar surface area (TPSA) is 88.7 Å². The summed E-state index contributed by atoms with van der Waals surface area (Å²) >= 11 is 0. The third-order valence-electron chi connectivity index (χ3n) is 5.46. The van der Waals surface area contributed by atoms with E-state index in [2.05, 4.69) is 16.0 Å². The highest BCUT2D eigenvalue weighted by molar-refractivity contribution is 5.97. The van der Waals surface area contributed by atoms with Crippen LogP contribution in [0.2, 0.25) is 0 Å². The molecule has 1 aliphatic heterocycles. The van der Waals surface area contributed by atoms with Crippen molar-refractivity contribution >= 4 is 24.2 Å². The molecule has 1 saturated heterocycles. The van der Waals surface area contributed by atoms with Gasteiger partial charge in [0, 0.05) is 19.1 Å². The van der Waals surface area contributed by atoms with Gasteiger partial charge in [0.2, 0.25) is 0 Å². The molecule has 0 saturated carbocycles. The van der Waals surface area contributed by atoms with Crippen molar-refractivity contribution in [1.82, 2.24) is 16.0 Å². The van der Waals surface area contributed by atoms with E-state index in [0.717, 1.165) is 31.4 Å². The highest BCUT2D eigenvalue weighted by atomic mass is 35.5. The number of piperidine rings is 1. The molecule has 0 aromatic heterocycles. The van der Waals surface area contributed by atoms with Crippen LogP contribution in [0.3, 0.4) is 0 Å². The van der Waals surface area contributed by atoms with Crippen LogP contribution in [-0.2, 0) is 11.2 Å². The molecule has 1 aliphatic rings. The summed E-state index contributed by atoms with van der Waals surface area (Å²) in [6.07, 6.45) is -0.805. The fourth-order valence-corrected chi connectivity index (χ4v) is 3.66. The summed E-state index contributed by atoms with van der Waals surface area (Å²) in [5.74, 6) is -0.940. The third-order valence-corrected chi connectivity index (χ3v) is 5.46. The van der Waals surface area contributed by atoms with Crippen LogP contribution in [0, 0.1) is 0 Å². The maximum atomic E-state index is 12.8. The molecule has 2 aromatic carbocycles. The number of alkyl halides is 3. The first-order valence-electron chi connectivity index (χ1n) is 11.6. The highest BCUT2D eigenvalue weighted by Crippen LogP contribution is 2.26. The highest BCUT2D eigenvalue weighted by Gasteiger charge is 2.29. The van der Waals surface area contributed by atoms with Crippen molar-refractivity contribution in [2.24, 2.45) is 0 Å². The van der Waals surface area contributed by atoms with Gasteiger partial charge in [0.25, 0.3) is 11.8 Å². The monoisotopic (exact) mass is 529 g/mol. The van der Waals surface area contributed by atoms with E-state index in [1.54, 1.807) is 0 Å². The van der Waals surface area contributed by atoms with Crippen molar-refractivity contribution in [1.29, 1.82) is 0 Å². The molecule has 2 aromatic rings. The predicted molar refractivity (Wildman–Crippen MR) is 132 cm³/mol. The Morgan fingerprint density at radius 1 is 1.03 bits per heavy atom. The zero-order valence-electron chi connectivity index (χ0n) is 19.7. The standard InChI is InChI=1S/C25H30F3N3O4.ClH/c26-25(27,28)17-35-20-9-10-22(21(14-20)24(33)31-15-19-8-4-5-12-29-19)34-16-23(32)30-13-11-18-6-2-1-3-7-18;/h1-3,6-7,9-10,14,19,29H,4-5,8,11-13,15-17H2,(H,30,32)(H,31,33);1H. The molecule has 1 fully saturated rings. The number of amides is 2. The summed E-state index contributed by atoms with van der Waals surface area (Å²) in [4.78, 5) is 25.0. The second-order valence-electron chi connectivity index (χ2n) is 8.29. The van der Waals surface area contributed by atoms with E-state index in [1.807, 2.05) is 30.3 Å². The molecule has 0 radical (unpaired) electrons. The molecule has 198 valence electrons. The van der Waals surface area contributed by atoms with Crippen molar-refractivity contribution in [2.45, 2.75) is 37.9 Å². The van der Waals surface area contributed by atoms with Gasteiger partial charge in [-0.1, -0.05) is 36.8 Å². The Labute approximate surface area is 214 Å². The summed E-state index contributed by atoms with van der Waals surface area (Å²) in [6, 6.07) is 13.6. The maximum Gasteiger partial charge on any atom is 0.422 e. The quantitative estimate of drug-likeness (QED) is 0.413. The normalized spacial score (nSPS) is 15.4. The van der Waals surface area contributed by atoms with Gasteiger partial charge >= 0.3 is 6.18 Å². The Balaban J connectivity index is 0.00000456. The average molecular weight is 530 g/mol. The number of hydrogen-bond donors (Lipinski definition) is 3. The van der Waals surface area contributed by atoms with E-state index < -0.39 is 18.7 Å². The first-order valence-corrected chi connectivity index (χ1v) is 11.6. The number of carbonyl (C=O) groups is 2. The van der Waals surface area contributed by atoms with Crippen LogP contribution in [-0.4, -0.2) is 56.9 Å². The Morgan fingerprint density at radius 3 is 2.50 bits per heavy atom. The summed E-state index contributed by atoms with van der Waals surface area (Å²) < 4.78 is 48.0. The molecule has 11 heteroatoms. The predicted octanol–water partition coefficient (Wildman–Crippen LogP) is 3.66. The Bertz CT molecular complexity index is 971. The van der Waals surface area contributed by atoms with Crippen LogP contribution in [0.25, 0.3) is 0 Å². The third kappa shape index (κ3) is 10.3. The molecular weight excluding hydrogens is 499 g/mol. The van der Waals surface area contributed by atoms with Gasteiger partial charge in [-0.25, -0.2) is 0 Å². The molecule has 0 bridgehead atoms. The minimum atomic E-state index is -4.51. The zero-order valence-corrected chi connectivity index (χ0v) is 20.6. The van der Waals surface area contributed by atoms with Gasteiger partial charge in [-0.3, -0.25) is 9.59 Å². The molecule has 0 spiro atoms. The van der Waals surface area contributed by atoms with Crippen molar-refractivity contribution in [3.05, 3.63) is 59.7 Å². The van der Waals surface area contributed by atoms with E-state index in [0.29, 0.717) is 19.5 Å². The molecule has 1 atom stereocenters. The van der Waals surface area contributed by atoms with E-state index in [1.165, 1.54) is 18.2 Å². The summed E-state index contributed by atoms with van der Waals surface area (Å²) in [5.41, 5.74) is 1.08. The number of halogens is 4. The lowest BCUT2D eigenvalue weighted by atomic mass is 10.0. The molecule has 3 N–H and O–H groups in total.